The van der Waals surface area contributed by atoms with E-state index < -0.39 is 5.97 Å². The molecule has 1 N–H and O–H groups in total. The van der Waals surface area contributed by atoms with Gasteiger partial charge in [0.2, 0.25) is 0 Å². The van der Waals surface area contributed by atoms with Gasteiger partial charge < -0.3 is 5.11 Å². The highest BCUT2D eigenvalue weighted by atomic mass is 16.4. The second kappa shape index (κ2) is 3.70. The zero-order valence-corrected chi connectivity index (χ0v) is 7.25. The summed E-state index contributed by atoms with van der Waals surface area (Å²) in [6, 6.07) is 0. The van der Waals surface area contributed by atoms with Crippen molar-refractivity contribution in [3.63, 3.8) is 0 Å². The molecule has 3 nitrogen and oxygen atoms in total. The van der Waals surface area contributed by atoms with Gasteiger partial charge in [-0.05, 0) is 26.2 Å². The topological polar surface area (TPSA) is 54.4 Å². The van der Waals surface area contributed by atoms with Crippen LogP contribution in [0.15, 0.2) is 0 Å². The molecule has 0 aromatic carbocycles. The van der Waals surface area contributed by atoms with Gasteiger partial charge in [0, 0.05) is 5.92 Å². The lowest BCUT2D eigenvalue weighted by Crippen LogP contribution is -2.25. The monoisotopic (exact) mass is 170 g/mol. The second-order valence-corrected chi connectivity index (χ2v) is 3.51. The number of carboxylic acids is 1. The lowest BCUT2D eigenvalue weighted by atomic mass is 9.80. The lowest BCUT2D eigenvalue weighted by molar-refractivity contribution is -0.143. The molecular formula is C9H14O3. The Kier molecular flexibility index (Phi) is 2.84. The van der Waals surface area contributed by atoms with Crippen LogP contribution < -0.4 is 0 Å². The summed E-state index contributed by atoms with van der Waals surface area (Å²) in [4.78, 5) is 21.6. The minimum absolute atomic E-state index is 0.000139. The zero-order valence-electron chi connectivity index (χ0n) is 7.25. The SMILES string of the molecule is CC(=O)[C@@H]1CCC[C@H](C(=O)O)C1. The predicted molar refractivity (Wildman–Crippen MR) is 43.8 cm³/mol. The molecule has 2 atom stereocenters. The van der Waals surface area contributed by atoms with Gasteiger partial charge in [0.25, 0.3) is 0 Å². The maximum Gasteiger partial charge on any atom is 0.306 e. The molecule has 0 saturated heterocycles. The minimum Gasteiger partial charge on any atom is -0.481 e. The summed E-state index contributed by atoms with van der Waals surface area (Å²) in [7, 11) is 0. The highest BCUT2D eigenvalue weighted by molar-refractivity contribution is 5.79. The summed E-state index contributed by atoms with van der Waals surface area (Å²) < 4.78 is 0. The molecule has 1 aliphatic carbocycles. The Labute approximate surface area is 71.8 Å². The molecule has 0 aliphatic heterocycles. The summed E-state index contributed by atoms with van der Waals surface area (Å²) in [5.74, 6) is -0.894. The van der Waals surface area contributed by atoms with E-state index in [2.05, 4.69) is 0 Å². The van der Waals surface area contributed by atoms with E-state index in [1.165, 1.54) is 0 Å². The van der Waals surface area contributed by atoms with E-state index in [9.17, 15) is 9.59 Å². The van der Waals surface area contributed by atoms with Gasteiger partial charge in [-0.1, -0.05) is 6.42 Å². The number of carboxylic acid groups (broad SMARTS) is 1. The lowest BCUT2D eigenvalue weighted by Gasteiger charge is -2.24. The molecule has 1 aliphatic rings. The molecule has 0 aromatic heterocycles. The molecule has 0 spiro atoms. The van der Waals surface area contributed by atoms with Crippen LogP contribution in [0, 0.1) is 11.8 Å². The first kappa shape index (κ1) is 9.23. The third-order valence-electron chi connectivity index (χ3n) is 2.60. The van der Waals surface area contributed by atoms with Gasteiger partial charge in [-0.15, -0.1) is 0 Å². The summed E-state index contributed by atoms with van der Waals surface area (Å²) >= 11 is 0. The Morgan fingerprint density at radius 1 is 1.25 bits per heavy atom. The first-order valence-electron chi connectivity index (χ1n) is 4.34. The molecule has 0 radical (unpaired) electrons. The number of Topliss-reactive ketones (excluding diaryl/α,β-unsaturated/α-hetero) is 1. The average molecular weight is 170 g/mol. The second-order valence-electron chi connectivity index (χ2n) is 3.51. The first-order valence-corrected chi connectivity index (χ1v) is 4.34. The Balaban J connectivity index is 2.51. The van der Waals surface area contributed by atoms with Gasteiger partial charge in [-0.3, -0.25) is 9.59 Å². The van der Waals surface area contributed by atoms with Crippen LogP contribution in [0.3, 0.4) is 0 Å². The molecule has 1 saturated carbocycles. The van der Waals surface area contributed by atoms with E-state index in [1.807, 2.05) is 0 Å². The van der Waals surface area contributed by atoms with Crippen LogP contribution in [0.4, 0.5) is 0 Å². The van der Waals surface area contributed by atoms with Crippen molar-refractivity contribution in [3.05, 3.63) is 0 Å². The van der Waals surface area contributed by atoms with E-state index in [0.717, 1.165) is 19.3 Å². The molecule has 1 fully saturated rings. The number of ketones is 1. The van der Waals surface area contributed by atoms with Crippen LogP contribution in [-0.4, -0.2) is 16.9 Å². The van der Waals surface area contributed by atoms with Crippen LogP contribution in [0.1, 0.15) is 32.6 Å². The fourth-order valence-electron chi connectivity index (χ4n) is 1.78. The van der Waals surface area contributed by atoms with Crippen molar-refractivity contribution in [2.75, 3.05) is 0 Å². The van der Waals surface area contributed by atoms with Crippen LogP contribution in [0.2, 0.25) is 0 Å². The number of carbonyl (C=O) groups excluding carboxylic acids is 1. The standard InChI is InChI=1S/C9H14O3/c1-6(10)7-3-2-4-8(5-7)9(11)12/h7-8H,2-5H2,1H3,(H,11,12)/t7-,8+/m1/s1. The normalized spacial score (nSPS) is 29.8. The molecule has 12 heavy (non-hydrogen) atoms. The Morgan fingerprint density at radius 3 is 2.33 bits per heavy atom. The third kappa shape index (κ3) is 2.06. The predicted octanol–water partition coefficient (Wildman–Crippen LogP) is 1.47. The van der Waals surface area contributed by atoms with E-state index in [4.69, 9.17) is 5.11 Å². The zero-order chi connectivity index (χ0) is 9.14. The third-order valence-corrected chi connectivity index (χ3v) is 2.60. The summed E-state index contributed by atoms with van der Waals surface area (Å²) in [5.41, 5.74) is 0. The van der Waals surface area contributed by atoms with Crippen LogP contribution in [0.5, 0.6) is 0 Å². The molecule has 1 rings (SSSR count). The summed E-state index contributed by atoms with van der Waals surface area (Å²) in [6.45, 7) is 1.55. The van der Waals surface area contributed by atoms with E-state index in [0.29, 0.717) is 6.42 Å². The number of hydrogen-bond acceptors (Lipinski definition) is 2. The molecule has 0 unspecified atom stereocenters. The number of hydrogen-bond donors (Lipinski definition) is 1. The molecule has 0 aromatic rings. The van der Waals surface area contributed by atoms with Crippen LogP contribution in [0.25, 0.3) is 0 Å². The van der Waals surface area contributed by atoms with Crippen molar-refractivity contribution in [1.82, 2.24) is 0 Å². The highest BCUT2D eigenvalue weighted by Crippen LogP contribution is 2.29. The Morgan fingerprint density at radius 2 is 1.83 bits per heavy atom. The maximum absolute atomic E-state index is 11.0. The minimum atomic E-state index is -0.749. The summed E-state index contributed by atoms with van der Waals surface area (Å²) in [6.07, 6.45) is 3.03. The summed E-state index contributed by atoms with van der Waals surface area (Å²) in [5, 5.41) is 8.73. The first-order chi connectivity index (χ1) is 5.61. The van der Waals surface area contributed by atoms with Gasteiger partial charge in [0.05, 0.1) is 5.92 Å². The maximum atomic E-state index is 11.0. The van der Waals surface area contributed by atoms with E-state index in [1.54, 1.807) is 6.92 Å². The van der Waals surface area contributed by atoms with Crippen molar-refractivity contribution in [2.24, 2.45) is 11.8 Å². The van der Waals surface area contributed by atoms with Crippen molar-refractivity contribution >= 4 is 11.8 Å². The van der Waals surface area contributed by atoms with Gasteiger partial charge in [-0.2, -0.15) is 0 Å². The van der Waals surface area contributed by atoms with E-state index in [-0.39, 0.29) is 17.6 Å². The van der Waals surface area contributed by atoms with Crippen molar-refractivity contribution in [2.45, 2.75) is 32.6 Å². The van der Waals surface area contributed by atoms with Crippen molar-refractivity contribution in [3.8, 4) is 0 Å². The van der Waals surface area contributed by atoms with Gasteiger partial charge >= 0.3 is 5.97 Å². The molecule has 0 bridgehead atoms. The van der Waals surface area contributed by atoms with Gasteiger partial charge in [-0.25, -0.2) is 0 Å². The van der Waals surface area contributed by atoms with Crippen molar-refractivity contribution < 1.29 is 14.7 Å². The largest absolute Gasteiger partial charge is 0.481 e. The molecule has 68 valence electrons. The Bertz CT molecular complexity index is 178. The Hall–Kier alpha value is -0.860. The van der Waals surface area contributed by atoms with Crippen LogP contribution in [-0.2, 0) is 9.59 Å². The number of rotatable bonds is 2. The smallest absolute Gasteiger partial charge is 0.306 e. The quantitative estimate of drug-likeness (QED) is 0.682. The van der Waals surface area contributed by atoms with Crippen molar-refractivity contribution in [1.29, 1.82) is 0 Å². The van der Waals surface area contributed by atoms with Crippen LogP contribution >= 0.6 is 0 Å². The molecule has 3 heteroatoms. The fourth-order valence-corrected chi connectivity index (χ4v) is 1.78. The van der Waals surface area contributed by atoms with Gasteiger partial charge in [0.15, 0.2) is 0 Å². The average Bonchev–Trinajstić information content (AvgIpc) is 2.04. The molecular weight excluding hydrogens is 156 g/mol. The molecule has 0 heterocycles. The van der Waals surface area contributed by atoms with Gasteiger partial charge in [0.1, 0.15) is 5.78 Å². The fraction of sp³-hybridized carbons (Fsp3) is 0.778. The highest BCUT2D eigenvalue weighted by Gasteiger charge is 2.28. The number of carbonyl (C=O) groups is 2. The number of aliphatic carboxylic acids is 1. The van der Waals surface area contributed by atoms with E-state index >= 15 is 0 Å². The molecule has 0 amide bonds.